The summed E-state index contributed by atoms with van der Waals surface area (Å²) in [5.74, 6) is 0.158. The van der Waals surface area contributed by atoms with Gasteiger partial charge in [0, 0.05) is 22.6 Å². The number of halogens is 1. The van der Waals surface area contributed by atoms with Crippen LogP contribution >= 0.6 is 15.9 Å². The zero-order valence-electron chi connectivity index (χ0n) is 10.8. The molecule has 1 amide bonds. The first-order valence-corrected chi connectivity index (χ1v) is 6.98. The van der Waals surface area contributed by atoms with Gasteiger partial charge in [0.2, 0.25) is 5.91 Å². The van der Waals surface area contributed by atoms with Gasteiger partial charge in [0.05, 0.1) is 6.42 Å². The maximum atomic E-state index is 12.3. The number of likely N-dealkylation sites (tertiary alicyclic amines) is 1. The Morgan fingerprint density at radius 1 is 1.56 bits per heavy atom. The predicted octanol–water partition coefficient (Wildman–Crippen LogP) is 2.33. The third-order valence-corrected chi connectivity index (χ3v) is 3.95. The Bertz CT molecular complexity index is 459. The molecule has 18 heavy (non-hydrogen) atoms. The van der Waals surface area contributed by atoms with E-state index in [9.17, 15) is 4.79 Å². The lowest BCUT2D eigenvalue weighted by atomic mass is 10.00. The predicted molar refractivity (Wildman–Crippen MR) is 76.2 cm³/mol. The van der Waals surface area contributed by atoms with Crippen LogP contribution in [0, 0.1) is 0 Å². The molecule has 1 unspecified atom stereocenters. The van der Waals surface area contributed by atoms with Gasteiger partial charge >= 0.3 is 0 Å². The quantitative estimate of drug-likeness (QED) is 0.911. The summed E-state index contributed by atoms with van der Waals surface area (Å²) in [4.78, 5) is 14.3. The standard InChI is InChI=1S/C14H19BrN2O/c1-14(2)8-12(16)9-17(14)13(18)7-10-4-3-5-11(15)6-10/h3-6,12H,7-9,16H2,1-2H3. The number of rotatable bonds is 2. The Morgan fingerprint density at radius 3 is 2.83 bits per heavy atom. The van der Waals surface area contributed by atoms with E-state index in [1.807, 2.05) is 29.2 Å². The fourth-order valence-electron chi connectivity index (χ4n) is 2.65. The molecule has 1 fully saturated rings. The van der Waals surface area contributed by atoms with Gasteiger partial charge in [-0.25, -0.2) is 0 Å². The lowest BCUT2D eigenvalue weighted by Crippen LogP contribution is -2.43. The molecule has 2 N–H and O–H groups in total. The SMILES string of the molecule is CC1(C)CC(N)CN1C(=O)Cc1cccc(Br)c1. The van der Waals surface area contributed by atoms with Gasteiger partial charge in [0.1, 0.15) is 0 Å². The second-order valence-corrected chi connectivity index (χ2v) is 6.50. The molecule has 1 aliphatic heterocycles. The van der Waals surface area contributed by atoms with E-state index in [1.54, 1.807) is 0 Å². The number of carbonyl (C=O) groups excluding carboxylic acids is 1. The number of amides is 1. The van der Waals surface area contributed by atoms with Crippen molar-refractivity contribution in [3.05, 3.63) is 34.3 Å². The molecular formula is C14H19BrN2O. The molecule has 0 radical (unpaired) electrons. The third-order valence-electron chi connectivity index (χ3n) is 3.45. The number of nitrogens with two attached hydrogens (primary N) is 1. The first-order valence-electron chi connectivity index (χ1n) is 6.19. The largest absolute Gasteiger partial charge is 0.336 e. The summed E-state index contributed by atoms with van der Waals surface area (Å²) in [7, 11) is 0. The van der Waals surface area contributed by atoms with Gasteiger partial charge in [-0.15, -0.1) is 0 Å². The van der Waals surface area contributed by atoms with Gasteiger partial charge in [-0.05, 0) is 38.0 Å². The molecule has 0 aromatic heterocycles. The summed E-state index contributed by atoms with van der Waals surface area (Å²) in [5, 5.41) is 0. The van der Waals surface area contributed by atoms with E-state index in [0.717, 1.165) is 16.5 Å². The molecule has 1 atom stereocenters. The highest BCUT2D eigenvalue weighted by Gasteiger charge is 2.39. The monoisotopic (exact) mass is 310 g/mol. The van der Waals surface area contributed by atoms with Crippen LogP contribution in [0.15, 0.2) is 28.7 Å². The van der Waals surface area contributed by atoms with Crippen molar-refractivity contribution in [1.29, 1.82) is 0 Å². The summed E-state index contributed by atoms with van der Waals surface area (Å²) in [6.45, 7) is 4.83. The fourth-order valence-corrected chi connectivity index (χ4v) is 3.10. The highest BCUT2D eigenvalue weighted by molar-refractivity contribution is 9.10. The first kappa shape index (κ1) is 13.6. The number of carbonyl (C=O) groups is 1. The number of benzene rings is 1. The lowest BCUT2D eigenvalue weighted by molar-refractivity contribution is -0.133. The Labute approximate surface area is 116 Å². The van der Waals surface area contributed by atoms with Crippen LogP contribution in [-0.4, -0.2) is 28.9 Å². The molecule has 1 saturated heterocycles. The molecule has 1 aromatic carbocycles. The summed E-state index contributed by atoms with van der Waals surface area (Å²) in [5.41, 5.74) is 6.87. The van der Waals surface area contributed by atoms with Crippen molar-refractivity contribution in [2.75, 3.05) is 6.54 Å². The molecular weight excluding hydrogens is 292 g/mol. The van der Waals surface area contributed by atoms with Gasteiger partial charge in [0.25, 0.3) is 0 Å². The molecule has 4 heteroatoms. The van der Waals surface area contributed by atoms with E-state index >= 15 is 0 Å². The van der Waals surface area contributed by atoms with Crippen molar-refractivity contribution in [2.24, 2.45) is 5.73 Å². The average molecular weight is 311 g/mol. The molecule has 1 heterocycles. The van der Waals surface area contributed by atoms with Crippen LogP contribution in [0.2, 0.25) is 0 Å². The van der Waals surface area contributed by atoms with Crippen LogP contribution in [0.4, 0.5) is 0 Å². The van der Waals surface area contributed by atoms with Gasteiger partial charge in [-0.1, -0.05) is 28.1 Å². The van der Waals surface area contributed by atoms with Gasteiger partial charge in [-0.2, -0.15) is 0 Å². The minimum absolute atomic E-state index is 0.103. The van der Waals surface area contributed by atoms with E-state index in [0.29, 0.717) is 13.0 Å². The number of nitrogens with zero attached hydrogens (tertiary/aromatic N) is 1. The molecule has 98 valence electrons. The maximum absolute atomic E-state index is 12.3. The van der Waals surface area contributed by atoms with E-state index in [4.69, 9.17) is 5.73 Å². The van der Waals surface area contributed by atoms with E-state index in [-0.39, 0.29) is 17.5 Å². The third kappa shape index (κ3) is 2.93. The second kappa shape index (κ2) is 5.02. The smallest absolute Gasteiger partial charge is 0.227 e. The van der Waals surface area contributed by atoms with Crippen molar-refractivity contribution in [2.45, 2.75) is 38.3 Å². The van der Waals surface area contributed by atoms with Crippen LogP contribution < -0.4 is 5.73 Å². The minimum Gasteiger partial charge on any atom is -0.336 e. The minimum atomic E-state index is -0.123. The van der Waals surface area contributed by atoms with Crippen LogP contribution in [0.3, 0.4) is 0 Å². The van der Waals surface area contributed by atoms with Crippen molar-refractivity contribution >= 4 is 21.8 Å². The lowest BCUT2D eigenvalue weighted by Gasteiger charge is -2.31. The van der Waals surface area contributed by atoms with Crippen molar-refractivity contribution in [3.8, 4) is 0 Å². The Balaban J connectivity index is 2.09. The van der Waals surface area contributed by atoms with E-state index in [2.05, 4.69) is 29.8 Å². The molecule has 2 rings (SSSR count). The fraction of sp³-hybridized carbons (Fsp3) is 0.500. The summed E-state index contributed by atoms with van der Waals surface area (Å²) < 4.78 is 1.00. The molecule has 0 spiro atoms. The molecule has 3 nitrogen and oxygen atoms in total. The van der Waals surface area contributed by atoms with Gasteiger partial charge in [0.15, 0.2) is 0 Å². The van der Waals surface area contributed by atoms with Crippen molar-refractivity contribution < 1.29 is 4.79 Å². The number of hydrogen-bond donors (Lipinski definition) is 1. The van der Waals surface area contributed by atoms with Gasteiger partial charge < -0.3 is 10.6 Å². The molecule has 0 saturated carbocycles. The second-order valence-electron chi connectivity index (χ2n) is 5.59. The normalized spacial score (nSPS) is 22.2. The van der Waals surface area contributed by atoms with Crippen molar-refractivity contribution in [1.82, 2.24) is 4.90 Å². The first-order chi connectivity index (χ1) is 8.38. The summed E-state index contributed by atoms with van der Waals surface area (Å²) >= 11 is 3.42. The van der Waals surface area contributed by atoms with Gasteiger partial charge in [-0.3, -0.25) is 4.79 Å². The highest BCUT2D eigenvalue weighted by Crippen LogP contribution is 2.28. The maximum Gasteiger partial charge on any atom is 0.227 e. The highest BCUT2D eigenvalue weighted by atomic mass is 79.9. The van der Waals surface area contributed by atoms with Crippen LogP contribution in [0.5, 0.6) is 0 Å². The van der Waals surface area contributed by atoms with Crippen LogP contribution in [0.25, 0.3) is 0 Å². The zero-order valence-corrected chi connectivity index (χ0v) is 12.4. The van der Waals surface area contributed by atoms with E-state index < -0.39 is 0 Å². The Kier molecular flexibility index (Phi) is 3.78. The summed E-state index contributed by atoms with van der Waals surface area (Å²) in [6.07, 6.45) is 1.31. The molecule has 0 aliphatic carbocycles. The molecule has 1 aromatic rings. The molecule has 1 aliphatic rings. The Morgan fingerprint density at radius 2 is 2.28 bits per heavy atom. The number of hydrogen-bond acceptors (Lipinski definition) is 2. The zero-order chi connectivity index (χ0) is 13.3. The summed E-state index contributed by atoms with van der Waals surface area (Å²) in [6, 6.07) is 7.98. The Hall–Kier alpha value is -0.870. The van der Waals surface area contributed by atoms with Crippen LogP contribution in [-0.2, 0) is 11.2 Å². The molecule has 0 bridgehead atoms. The van der Waals surface area contributed by atoms with Crippen molar-refractivity contribution in [3.63, 3.8) is 0 Å². The topological polar surface area (TPSA) is 46.3 Å². The average Bonchev–Trinajstić information content (AvgIpc) is 2.51. The van der Waals surface area contributed by atoms with Crippen LogP contribution in [0.1, 0.15) is 25.8 Å². The van der Waals surface area contributed by atoms with E-state index in [1.165, 1.54) is 0 Å².